The van der Waals surface area contributed by atoms with Crippen molar-refractivity contribution in [2.45, 2.75) is 45.8 Å². The molecule has 1 aromatic heterocycles. The van der Waals surface area contributed by atoms with Gasteiger partial charge in [0.2, 0.25) is 0 Å². The highest BCUT2D eigenvalue weighted by Gasteiger charge is 2.52. The minimum Gasteiger partial charge on any atom is -0.399 e. The monoisotopic (exact) mass is 222 g/mol. The van der Waals surface area contributed by atoms with Crippen LogP contribution in [0.2, 0.25) is 0 Å². The number of pyridine rings is 1. The number of hydrogen-bond donors (Lipinski definition) is 0. The molecule has 0 atom stereocenters. The lowest BCUT2D eigenvalue weighted by Gasteiger charge is -2.32. The van der Waals surface area contributed by atoms with Crippen LogP contribution in [-0.2, 0) is 9.31 Å². The fourth-order valence-corrected chi connectivity index (χ4v) is 1.55. The molecule has 1 fully saturated rings. The number of aryl methyl sites for hydroxylation is 1. The van der Waals surface area contributed by atoms with Gasteiger partial charge in [-0.15, -0.1) is 0 Å². The Kier molecular flexibility index (Phi) is 1.84. The third kappa shape index (κ3) is 1.76. The predicted octanol–water partition coefficient (Wildman–Crippen LogP) is 1.69. The van der Waals surface area contributed by atoms with E-state index in [-0.39, 0.29) is 18.3 Å². The third-order valence-electron chi connectivity index (χ3n) is 3.36. The van der Waals surface area contributed by atoms with E-state index in [0.717, 1.165) is 0 Å². The summed E-state index contributed by atoms with van der Waals surface area (Å²) in [5.41, 5.74) is -0.0549. The van der Waals surface area contributed by atoms with E-state index in [1.54, 1.807) is 6.92 Å². The lowest BCUT2D eigenvalue weighted by atomic mass is 9.78. The minimum absolute atomic E-state index is 0.0454. The summed E-state index contributed by atoms with van der Waals surface area (Å²) in [4.78, 5) is 3.97. The summed E-state index contributed by atoms with van der Waals surface area (Å²) in [6.07, 6.45) is -0.192. The zero-order valence-electron chi connectivity index (χ0n) is 13.3. The molecule has 86 valence electrons. The molecule has 2 heterocycles. The van der Waals surface area contributed by atoms with Crippen LogP contribution in [0.4, 0.5) is 0 Å². The molecule has 0 aliphatic carbocycles. The average Bonchev–Trinajstić information content (AvgIpc) is 2.44. The van der Waals surface area contributed by atoms with E-state index < -0.39 is 18.3 Å². The van der Waals surface area contributed by atoms with Crippen LogP contribution in [0.3, 0.4) is 0 Å². The molecule has 0 unspecified atom stereocenters. The molecule has 2 rings (SSSR count). The SMILES string of the molecule is [2H]c1nc(C)c(B2OC(C)(C)C(C)(C)O2)c([2H])c1[2H]. The van der Waals surface area contributed by atoms with Gasteiger partial charge < -0.3 is 9.31 Å². The van der Waals surface area contributed by atoms with Gasteiger partial charge in [-0.05, 0) is 40.7 Å². The summed E-state index contributed by atoms with van der Waals surface area (Å²) in [5, 5.41) is 0. The lowest BCUT2D eigenvalue weighted by molar-refractivity contribution is 0.00578. The molecular weight excluding hydrogens is 201 g/mol. The van der Waals surface area contributed by atoms with E-state index >= 15 is 0 Å². The topological polar surface area (TPSA) is 31.4 Å². The second-order valence-electron chi connectivity index (χ2n) is 5.06. The highest BCUT2D eigenvalue weighted by molar-refractivity contribution is 6.62. The second-order valence-corrected chi connectivity index (χ2v) is 5.06. The van der Waals surface area contributed by atoms with Crippen molar-refractivity contribution in [1.29, 1.82) is 0 Å². The zero-order valence-corrected chi connectivity index (χ0v) is 10.3. The summed E-state index contributed by atoms with van der Waals surface area (Å²) in [7, 11) is -0.713. The van der Waals surface area contributed by atoms with Crippen molar-refractivity contribution in [2.24, 2.45) is 0 Å². The smallest absolute Gasteiger partial charge is 0.399 e. The number of rotatable bonds is 1. The van der Waals surface area contributed by atoms with Gasteiger partial charge in [-0.3, -0.25) is 4.98 Å². The van der Waals surface area contributed by atoms with Crippen LogP contribution in [0, 0.1) is 6.92 Å². The van der Waals surface area contributed by atoms with Crippen LogP contribution in [-0.4, -0.2) is 23.3 Å². The fourth-order valence-electron chi connectivity index (χ4n) is 1.55. The summed E-state index contributed by atoms with van der Waals surface area (Å²) >= 11 is 0. The summed E-state index contributed by atoms with van der Waals surface area (Å²) in [6, 6.07) is -0.244. The van der Waals surface area contributed by atoms with Gasteiger partial charge in [0.15, 0.2) is 0 Å². The molecule has 0 N–H and O–H groups in total. The van der Waals surface area contributed by atoms with Gasteiger partial charge >= 0.3 is 7.12 Å². The highest BCUT2D eigenvalue weighted by Crippen LogP contribution is 2.36. The van der Waals surface area contributed by atoms with Crippen molar-refractivity contribution in [1.82, 2.24) is 4.98 Å². The van der Waals surface area contributed by atoms with Gasteiger partial charge in [0.05, 0.1) is 15.3 Å². The Morgan fingerprint density at radius 2 is 1.81 bits per heavy atom. The Morgan fingerprint density at radius 1 is 1.25 bits per heavy atom. The molecule has 0 bridgehead atoms. The quantitative estimate of drug-likeness (QED) is 0.677. The van der Waals surface area contributed by atoms with Crippen molar-refractivity contribution >= 4 is 12.6 Å². The maximum Gasteiger partial charge on any atom is 0.496 e. The molecule has 1 saturated heterocycles. The first-order valence-electron chi connectivity index (χ1n) is 6.87. The van der Waals surface area contributed by atoms with Crippen molar-refractivity contribution in [3.05, 3.63) is 24.0 Å². The number of nitrogens with zero attached hydrogens (tertiary/aromatic N) is 1. The maximum absolute atomic E-state index is 7.99. The normalized spacial score (nSPS) is 25.1. The highest BCUT2D eigenvalue weighted by atomic mass is 16.7. The molecule has 1 aliphatic heterocycles. The Hall–Kier alpha value is -0.865. The second kappa shape index (κ2) is 3.57. The van der Waals surface area contributed by atoms with Gasteiger partial charge in [-0.25, -0.2) is 0 Å². The van der Waals surface area contributed by atoms with Gasteiger partial charge in [0, 0.05) is 17.3 Å². The Labute approximate surface area is 102 Å². The largest absolute Gasteiger partial charge is 0.496 e. The van der Waals surface area contributed by atoms with E-state index in [1.807, 2.05) is 27.7 Å². The predicted molar refractivity (Wildman–Crippen MR) is 64.7 cm³/mol. The van der Waals surface area contributed by atoms with Crippen LogP contribution in [0.25, 0.3) is 0 Å². The molecule has 0 amide bonds. The van der Waals surface area contributed by atoms with E-state index in [1.165, 1.54) is 0 Å². The van der Waals surface area contributed by atoms with Crippen LogP contribution in [0.1, 0.15) is 37.5 Å². The van der Waals surface area contributed by atoms with Crippen LogP contribution >= 0.6 is 0 Å². The van der Waals surface area contributed by atoms with E-state index in [2.05, 4.69) is 4.98 Å². The fraction of sp³-hybridized carbons (Fsp3) is 0.583. The van der Waals surface area contributed by atoms with Gasteiger partial charge in [0.25, 0.3) is 0 Å². The molecule has 0 radical (unpaired) electrons. The minimum atomic E-state index is -0.713. The number of hydrogen-bond acceptors (Lipinski definition) is 3. The van der Waals surface area contributed by atoms with E-state index in [0.29, 0.717) is 11.2 Å². The van der Waals surface area contributed by atoms with Gasteiger partial charge in [-0.1, -0.05) is 6.04 Å². The Balaban J connectivity index is 2.49. The number of aromatic nitrogens is 1. The molecule has 3 nitrogen and oxygen atoms in total. The first-order valence-corrected chi connectivity index (χ1v) is 5.37. The standard InChI is InChI=1S/C12H18BNO2/c1-9-10(7-6-8-14-9)13-15-11(2,3)12(4,5)16-13/h6-8H,1-5H3/i6D,7D,8D. The Bertz CT molecular complexity index is 518. The molecule has 4 heteroatoms. The van der Waals surface area contributed by atoms with Crippen LogP contribution in [0.5, 0.6) is 0 Å². The third-order valence-corrected chi connectivity index (χ3v) is 3.36. The van der Waals surface area contributed by atoms with Gasteiger partial charge in [0.1, 0.15) is 0 Å². The molecule has 0 saturated carbocycles. The average molecular weight is 222 g/mol. The lowest BCUT2D eigenvalue weighted by Crippen LogP contribution is -2.41. The van der Waals surface area contributed by atoms with E-state index in [4.69, 9.17) is 13.4 Å². The summed E-state index contributed by atoms with van der Waals surface area (Å²) in [6.45, 7) is 9.43. The van der Waals surface area contributed by atoms with Crippen LogP contribution in [0.15, 0.2) is 18.3 Å². The molecule has 1 aromatic rings. The van der Waals surface area contributed by atoms with E-state index in [9.17, 15) is 0 Å². The molecule has 1 aliphatic rings. The maximum atomic E-state index is 7.99. The van der Waals surface area contributed by atoms with Crippen LogP contribution < -0.4 is 5.46 Å². The van der Waals surface area contributed by atoms with Crippen molar-refractivity contribution in [2.75, 3.05) is 0 Å². The van der Waals surface area contributed by atoms with Gasteiger partial charge in [-0.2, -0.15) is 0 Å². The molecule has 0 spiro atoms. The summed E-state index contributed by atoms with van der Waals surface area (Å²) < 4.78 is 35.0. The molecule has 0 aromatic carbocycles. The Morgan fingerprint density at radius 3 is 2.38 bits per heavy atom. The van der Waals surface area contributed by atoms with Crippen molar-refractivity contribution < 1.29 is 13.4 Å². The van der Waals surface area contributed by atoms with Crippen molar-refractivity contribution in [3.8, 4) is 0 Å². The zero-order chi connectivity index (χ0) is 14.6. The van der Waals surface area contributed by atoms with Crippen molar-refractivity contribution in [3.63, 3.8) is 0 Å². The first-order chi connectivity index (χ1) is 8.57. The molecule has 16 heavy (non-hydrogen) atoms. The first kappa shape index (κ1) is 8.26. The summed E-state index contributed by atoms with van der Waals surface area (Å²) in [5.74, 6) is 0. The molecular formula is C12H18BNO2.